The maximum Gasteiger partial charge on any atom is 0.307 e. The lowest BCUT2D eigenvalue weighted by Gasteiger charge is -2.18. The first-order valence-electron chi connectivity index (χ1n) is 5.73. The van der Waals surface area contributed by atoms with Crippen molar-refractivity contribution < 1.29 is 25.5 Å². The van der Waals surface area contributed by atoms with Crippen molar-refractivity contribution in [1.29, 1.82) is 0 Å². The van der Waals surface area contributed by atoms with Gasteiger partial charge in [0.25, 0.3) is 0 Å². The summed E-state index contributed by atoms with van der Waals surface area (Å²) in [5.74, 6) is -0.533. The molecule has 21 heavy (non-hydrogen) atoms. The molecule has 0 spiro atoms. The minimum Gasteiger partial charge on any atom is -0.310 e. The van der Waals surface area contributed by atoms with Crippen LogP contribution in [0.25, 0.3) is 0 Å². The molecule has 6 nitrogen and oxygen atoms in total. The monoisotopic (exact) mass is 399 g/mol. The Labute approximate surface area is 130 Å². The highest BCUT2D eigenvalue weighted by atomic mass is 79.9. The molecule has 2 rings (SSSR count). The summed E-state index contributed by atoms with van der Waals surface area (Å²) in [5, 5.41) is -1.40. The van der Waals surface area contributed by atoms with E-state index in [0.29, 0.717) is 10.2 Å². The van der Waals surface area contributed by atoms with Gasteiger partial charge in [0.05, 0.1) is 10.6 Å². The first kappa shape index (κ1) is 16.4. The second-order valence-electron chi connectivity index (χ2n) is 4.69. The van der Waals surface area contributed by atoms with E-state index in [-0.39, 0.29) is 11.4 Å². The zero-order chi connectivity index (χ0) is 16.0. The lowest BCUT2D eigenvalue weighted by atomic mass is 10.3. The highest BCUT2D eigenvalue weighted by Crippen LogP contribution is 2.33. The van der Waals surface area contributed by atoms with E-state index in [4.69, 9.17) is 0 Å². The standard InChI is InChI=1S/C11H11BrFNO5S2/c1-20(16,17)7-2-3-10(9(12)4-7)14-6-8(5-11(14)15)21(13,18)19/h2-4,8H,5-6H2,1H3. The normalized spacial score (nSPS) is 20.0. The Hall–Kier alpha value is -1.00. The molecule has 0 N–H and O–H groups in total. The van der Waals surface area contributed by atoms with Crippen molar-refractivity contribution >= 4 is 47.6 Å². The van der Waals surface area contributed by atoms with Crippen LogP contribution in [0.2, 0.25) is 0 Å². The summed E-state index contributed by atoms with van der Waals surface area (Å²) in [7, 11) is -8.20. The van der Waals surface area contributed by atoms with Gasteiger partial charge in [0, 0.05) is 23.7 Å². The number of hydrogen-bond donors (Lipinski definition) is 0. The number of anilines is 1. The lowest BCUT2D eigenvalue weighted by molar-refractivity contribution is -0.117. The van der Waals surface area contributed by atoms with Crippen LogP contribution in [0.3, 0.4) is 0 Å². The molecular weight excluding hydrogens is 389 g/mol. The van der Waals surface area contributed by atoms with E-state index in [1.807, 2.05) is 0 Å². The fourth-order valence-corrected chi connectivity index (χ4v) is 4.09. The first-order chi connectivity index (χ1) is 9.50. The smallest absolute Gasteiger partial charge is 0.307 e. The van der Waals surface area contributed by atoms with Gasteiger partial charge in [0.15, 0.2) is 9.84 Å². The fraction of sp³-hybridized carbons (Fsp3) is 0.364. The second kappa shape index (κ2) is 5.33. The summed E-state index contributed by atoms with van der Waals surface area (Å²) >= 11 is 3.15. The van der Waals surface area contributed by atoms with Crippen molar-refractivity contribution in [3.8, 4) is 0 Å². The van der Waals surface area contributed by atoms with Crippen LogP contribution in [0.1, 0.15) is 6.42 Å². The molecule has 0 aromatic heterocycles. The SMILES string of the molecule is CS(=O)(=O)c1ccc(N2CC(S(=O)(=O)F)CC2=O)c(Br)c1. The molecule has 1 aromatic rings. The number of benzene rings is 1. The molecule has 116 valence electrons. The van der Waals surface area contributed by atoms with Crippen LogP contribution < -0.4 is 4.90 Å². The molecular formula is C11H11BrFNO5S2. The van der Waals surface area contributed by atoms with Gasteiger partial charge in [0.2, 0.25) is 5.91 Å². The van der Waals surface area contributed by atoms with Crippen molar-refractivity contribution in [3.05, 3.63) is 22.7 Å². The van der Waals surface area contributed by atoms with Crippen molar-refractivity contribution in [2.75, 3.05) is 17.7 Å². The second-order valence-corrected chi connectivity index (χ2v) is 9.18. The molecule has 1 fully saturated rings. The van der Waals surface area contributed by atoms with Crippen LogP contribution >= 0.6 is 15.9 Å². The topological polar surface area (TPSA) is 88.6 Å². The van der Waals surface area contributed by atoms with Gasteiger partial charge in [-0.1, -0.05) is 0 Å². The summed E-state index contributed by atoms with van der Waals surface area (Å²) < 4.78 is 57.9. The summed E-state index contributed by atoms with van der Waals surface area (Å²) in [4.78, 5) is 13.0. The largest absolute Gasteiger partial charge is 0.310 e. The van der Waals surface area contributed by atoms with Gasteiger partial charge in [-0.2, -0.15) is 8.42 Å². The van der Waals surface area contributed by atoms with E-state index in [0.717, 1.165) is 11.2 Å². The van der Waals surface area contributed by atoms with Crippen LogP contribution in [-0.4, -0.2) is 40.8 Å². The highest BCUT2D eigenvalue weighted by Gasteiger charge is 2.39. The van der Waals surface area contributed by atoms with Gasteiger partial charge in [-0.05, 0) is 34.1 Å². The molecule has 1 unspecified atom stereocenters. The minimum absolute atomic E-state index is 0.0550. The van der Waals surface area contributed by atoms with Crippen LogP contribution in [0.4, 0.5) is 9.57 Å². The van der Waals surface area contributed by atoms with Gasteiger partial charge >= 0.3 is 10.2 Å². The van der Waals surface area contributed by atoms with Gasteiger partial charge < -0.3 is 4.90 Å². The van der Waals surface area contributed by atoms with Crippen LogP contribution in [0.5, 0.6) is 0 Å². The quantitative estimate of drug-likeness (QED) is 0.713. The first-order valence-corrected chi connectivity index (χ1v) is 9.86. The molecule has 0 radical (unpaired) electrons. The van der Waals surface area contributed by atoms with Crippen molar-refractivity contribution in [2.45, 2.75) is 16.6 Å². The molecule has 0 aliphatic carbocycles. The Bertz CT molecular complexity index is 806. The zero-order valence-corrected chi connectivity index (χ0v) is 14.0. The number of amides is 1. The molecule has 1 atom stereocenters. The molecule has 1 aliphatic rings. The molecule has 10 heteroatoms. The molecule has 1 amide bonds. The predicted molar refractivity (Wildman–Crippen MR) is 78.0 cm³/mol. The van der Waals surface area contributed by atoms with E-state index in [2.05, 4.69) is 15.9 Å². The van der Waals surface area contributed by atoms with E-state index in [9.17, 15) is 25.5 Å². The van der Waals surface area contributed by atoms with E-state index >= 15 is 0 Å². The lowest BCUT2D eigenvalue weighted by Crippen LogP contribution is -2.27. The van der Waals surface area contributed by atoms with Gasteiger partial charge in [-0.15, -0.1) is 3.89 Å². The number of nitrogens with zero attached hydrogens (tertiary/aromatic N) is 1. The minimum atomic E-state index is -4.79. The molecule has 1 heterocycles. The number of carbonyl (C=O) groups is 1. The number of hydrogen-bond acceptors (Lipinski definition) is 5. The van der Waals surface area contributed by atoms with E-state index in [1.165, 1.54) is 18.2 Å². The Morgan fingerprint density at radius 2 is 1.90 bits per heavy atom. The van der Waals surface area contributed by atoms with E-state index < -0.39 is 37.6 Å². The maximum absolute atomic E-state index is 13.0. The van der Waals surface area contributed by atoms with Crippen LogP contribution in [-0.2, 0) is 24.9 Å². The Morgan fingerprint density at radius 1 is 1.29 bits per heavy atom. The molecule has 0 bridgehead atoms. The highest BCUT2D eigenvalue weighted by molar-refractivity contribution is 9.10. The molecule has 0 saturated carbocycles. The third kappa shape index (κ3) is 3.43. The average Bonchev–Trinajstić information content (AvgIpc) is 2.70. The van der Waals surface area contributed by atoms with Gasteiger partial charge in [-0.25, -0.2) is 8.42 Å². The summed E-state index contributed by atoms with van der Waals surface area (Å²) in [6.07, 6.45) is 0.611. The molecule has 1 aliphatic heterocycles. The average molecular weight is 400 g/mol. The van der Waals surface area contributed by atoms with Gasteiger partial charge in [0.1, 0.15) is 5.25 Å². The van der Waals surface area contributed by atoms with Crippen molar-refractivity contribution in [3.63, 3.8) is 0 Å². The number of sulfone groups is 1. The summed E-state index contributed by atoms with van der Waals surface area (Å²) in [5.41, 5.74) is 0.304. The predicted octanol–water partition coefficient (Wildman–Crippen LogP) is 1.26. The number of rotatable bonds is 3. The van der Waals surface area contributed by atoms with Crippen molar-refractivity contribution in [2.24, 2.45) is 0 Å². The summed E-state index contributed by atoms with van der Waals surface area (Å²) in [6, 6.07) is 4.00. The van der Waals surface area contributed by atoms with Crippen LogP contribution in [0, 0.1) is 0 Å². The molecule has 1 aromatic carbocycles. The molecule has 1 saturated heterocycles. The Balaban J connectivity index is 2.38. The Kier molecular flexibility index (Phi) is 4.15. The number of carbonyl (C=O) groups excluding carboxylic acids is 1. The number of halogens is 2. The fourth-order valence-electron chi connectivity index (χ4n) is 2.03. The third-order valence-corrected chi connectivity index (χ3v) is 5.98. The summed E-state index contributed by atoms with van der Waals surface area (Å²) in [6.45, 7) is -0.297. The maximum atomic E-state index is 13.0. The zero-order valence-electron chi connectivity index (χ0n) is 10.8. The van der Waals surface area contributed by atoms with Crippen molar-refractivity contribution in [1.82, 2.24) is 0 Å². The van der Waals surface area contributed by atoms with Crippen LogP contribution in [0.15, 0.2) is 27.6 Å². The van der Waals surface area contributed by atoms with Gasteiger partial charge in [-0.3, -0.25) is 4.79 Å². The van der Waals surface area contributed by atoms with E-state index in [1.54, 1.807) is 0 Å². The third-order valence-electron chi connectivity index (χ3n) is 3.13. The Morgan fingerprint density at radius 3 is 2.33 bits per heavy atom.